The predicted molar refractivity (Wildman–Crippen MR) is 321 cm³/mol. The molecule has 0 radical (unpaired) electrons. The summed E-state index contributed by atoms with van der Waals surface area (Å²) in [6.45, 7) is 28.4. The molecular weight excluding hydrogens is 907 g/mol. The van der Waals surface area contributed by atoms with E-state index in [2.05, 4.69) is 267 Å². The molecule has 0 saturated heterocycles. The molecule has 0 spiro atoms. The Morgan fingerprint density at radius 1 is 0.480 bits per heavy atom. The van der Waals surface area contributed by atoms with E-state index in [4.69, 9.17) is 0 Å². The lowest BCUT2D eigenvalue weighted by atomic mass is 9.72. The number of para-hydroxylation sites is 1. The Labute approximate surface area is 440 Å². The zero-order valence-electron chi connectivity index (χ0n) is 44.9. The minimum atomic E-state index is -0.334. The zero-order valence-corrected chi connectivity index (χ0v) is 44.9. The van der Waals surface area contributed by atoms with Gasteiger partial charge in [0.05, 0.1) is 11.0 Å². The second-order valence-corrected chi connectivity index (χ2v) is 24.3. The monoisotopic (exact) mass is 970 g/mol. The summed E-state index contributed by atoms with van der Waals surface area (Å²) in [5.41, 5.74) is 26.1. The lowest BCUT2D eigenvalue weighted by molar-refractivity contribution is 0.592. The average molecular weight is 970 g/mol. The first-order valence-corrected chi connectivity index (χ1v) is 26.9. The van der Waals surface area contributed by atoms with Crippen LogP contribution in [0.3, 0.4) is 0 Å². The van der Waals surface area contributed by atoms with Gasteiger partial charge >= 0.3 is 0 Å². The molecule has 0 saturated carbocycles. The van der Waals surface area contributed by atoms with Crippen LogP contribution < -0.4 is 15.5 Å². The molecule has 0 bridgehead atoms. The Balaban J connectivity index is 1.00. The number of fused-ring (bicyclic) bond motifs is 18. The number of nitrogens with zero attached hydrogens (tertiary/aromatic N) is 1. The topological polar surface area (TPSA) is 34.8 Å². The van der Waals surface area contributed by atoms with Gasteiger partial charge in [0, 0.05) is 76.7 Å². The van der Waals surface area contributed by atoms with Crippen LogP contribution in [0.1, 0.15) is 108 Å². The third-order valence-electron chi connectivity index (χ3n) is 17.8. The van der Waals surface area contributed by atoms with E-state index in [9.17, 15) is 0 Å². The third-order valence-corrected chi connectivity index (χ3v) is 17.8. The summed E-state index contributed by atoms with van der Waals surface area (Å²) in [7, 11) is 0. The highest BCUT2D eigenvalue weighted by molar-refractivity contribution is 6.21. The minimum absolute atomic E-state index is 0.0375. The lowest BCUT2D eigenvalue weighted by Crippen LogP contribution is -2.25. The molecule has 366 valence electrons. The fourth-order valence-corrected chi connectivity index (χ4v) is 14.3. The van der Waals surface area contributed by atoms with Crippen LogP contribution in [0, 0.1) is 0 Å². The number of hydrogen-bond acceptors (Lipinski definition) is 1. The van der Waals surface area contributed by atoms with Gasteiger partial charge in [0.2, 0.25) is 0 Å². The molecule has 2 heterocycles. The second kappa shape index (κ2) is 15.5. The predicted octanol–water partition coefficient (Wildman–Crippen LogP) is 18.1. The summed E-state index contributed by atoms with van der Waals surface area (Å²) < 4.78 is 0. The van der Waals surface area contributed by atoms with Crippen LogP contribution >= 0.6 is 0 Å². The molecule has 9 aromatic carbocycles. The maximum absolute atomic E-state index is 4.65. The molecule has 3 heteroatoms. The summed E-state index contributed by atoms with van der Waals surface area (Å²) in [6.07, 6.45) is 6.52. The van der Waals surface area contributed by atoms with Crippen LogP contribution in [0.5, 0.6) is 0 Å². The van der Waals surface area contributed by atoms with Crippen LogP contribution in [0.25, 0.3) is 101 Å². The number of H-pyrrole nitrogens is 2. The molecule has 11 aromatic rings. The van der Waals surface area contributed by atoms with E-state index in [1.54, 1.807) is 0 Å². The fraction of sp³-hybridized carbons (Fsp3) is 0.194. The van der Waals surface area contributed by atoms with Gasteiger partial charge in [0.25, 0.3) is 0 Å². The van der Waals surface area contributed by atoms with Gasteiger partial charge in [-0.15, -0.1) is 0 Å². The summed E-state index contributed by atoms with van der Waals surface area (Å²) in [4.78, 5) is 10.4. The SMILES string of the molecule is C=c1[nH]c2c3c(c4c(c2/c1=C/C=C\C)-c1ccc(N(c2ccc5c(c2)C(C)(C)c2cc(-c6ccccc6C(C)(C)C)c6[nH]c7ccccc7c6c2-5)c2ccc5ccccc5c2)cc1C4(C)C)C(C)(C)c1ccccc1-3. The highest BCUT2D eigenvalue weighted by Crippen LogP contribution is 2.62. The van der Waals surface area contributed by atoms with Crippen LogP contribution in [0.4, 0.5) is 17.1 Å². The van der Waals surface area contributed by atoms with E-state index in [1.165, 1.54) is 121 Å². The van der Waals surface area contributed by atoms with Crippen molar-refractivity contribution in [3.63, 3.8) is 0 Å². The summed E-state index contributed by atoms with van der Waals surface area (Å²) in [5.74, 6) is 0. The van der Waals surface area contributed by atoms with Crippen molar-refractivity contribution in [3.05, 3.63) is 219 Å². The summed E-state index contributed by atoms with van der Waals surface area (Å²) >= 11 is 0. The standard InChI is InChI=1S/C72H63N3/c1-12-13-24-47-41(2)73-68-62(47)61-51-36-34-46(39-57(51)72(10,11)65(61)66-64(68)49-26-17-20-29-55(49)71(66,8)9)75(44-32-31-42-22-14-15-23-43(42)37-44)45-33-35-50-56(38-45)70(6,7)58-40-53(48-25-16-19-28-54(48)69(3,4)5)67-63(60(50)58)52-27-18-21-30-59(52)74-67/h12-40,73-74H,2H2,1,3-11H3/b13-12-,47-24+. The summed E-state index contributed by atoms with van der Waals surface area (Å²) in [6, 6.07) is 59.9. The number of benzene rings is 9. The van der Waals surface area contributed by atoms with Crippen molar-refractivity contribution < 1.29 is 0 Å². The second-order valence-electron chi connectivity index (χ2n) is 24.3. The zero-order chi connectivity index (χ0) is 51.7. The molecular formula is C72H63N3. The van der Waals surface area contributed by atoms with Crippen molar-refractivity contribution in [2.75, 3.05) is 4.90 Å². The van der Waals surface area contributed by atoms with E-state index in [0.29, 0.717) is 0 Å². The van der Waals surface area contributed by atoms with Gasteiger partial charge < -0.3 is 14.9 Å². The molecule has 75 heavy (non-hydrogen) atoms. The maximum atomic E-state index is 4.65. The Hall–Kier alpha value is -8.14. The molecule has 0 atom stereocenters. The Bertz CT molecular complexity index is 4460. The van der Waals surface area contributed by atoms with Gasteiger partial charge in [0.15, 0.2) is 0 Å². The highest BCUT2D eigenvalue weighted by Gasteiger charge is 2.48. The molecule has 0 fully saturated rings. The van der Waals surface area contributed by atoms with E-state index in [0.717, 1.165) is 33.1 Å². The van der Waals surface area contributed by atoms with Crippen molar-refractivity contribution >= 4 is 73.2 Å². The fourth-order valence-electron chi connectivity index (χ4n) is 14.3. The van der Waals surface area contributed by atoms with E-state index in [1.807, 2.05) is 0 Å². The molecule has 0 aliphatic heterocycles. The number of anilines is 3. The molecule has 0 unspecified atom stereocenters. The maximum Gasteiger partial charge on any atom is 0.0554 e. The number of rotatable bonds is 5. The van der Waals surface area contributed by atoms with Crippen LogP contribution in [0.2, 0.25) is 0 Å². The molecule has 3 aliphatic carbocycles. The van der Waals surface area contributed by atoms with Crippen LogP contribution in [-0.4, -0.2) is 9.97 Å². The number of allylic oxidation sites excluding steroid dienone is 2. The first-order chi connectivity index (χ1) is 36.0. The number of aromatic nitrogens is 2. The largest absolute Gasteiger partial charge is 0.354 e. The van der Waals surface area contributed by atoms with Gasteiger partial charge in [-0.25, -0.2) is 0 Å². The molecule has 2 N–H and O–H groups in total. The molecule has 14 rings (SSSR count). The summed E-state index contributed by atoms with van der Waals surface area (Å²) in [5, 5.41) is 8.39. The number of nitrogens with one attached hydrogen (secondary N) is 2. The van der Waals surface area contributed by atoms with Gasteiger partial charge in [-0.3, -0.25) is 0 Å². The third kappa shape index (κ3) is 6.16. The first kappa shape index (κ1) is 45.5. The molecule has 2 aromatic heterocycles. The van der Waals surface area contributed by atoms with E-state index >= 15 is 0 Å². The Kier molecular flexibility index (Phi) is 9.37. The first-order valence-electron chi connectivity index (χ1n) is 26.9. The highest BCUT2D eigenvalue weighted by atomic mass is 15.1. The minimum Gasteiger partial charge on any atom is -0.354 e. The van der Waals surface area contributed by atoms with E-state index in [-0.39, 0.29) is 21.7 Å². The normalized spacial score (nSPS) is 15.7. The molecule has 3 nitrogen and oxygen atoms in total. The van der Waals surface area contributed by atoms with Crippen LogP contribution in [0.15, 0.2) is 170 Å². The average Bonchev–Trinajstić information content (AvgIpc) is 4.14. The van der Waals surface area contributed by atoms with Gasteiger partial charge in [0.1, 0.15) is 0 Å². The quantitative estimate of drug-likeness (QED) is 0.177. The number of hydrogen-bond donors (Lipinski definition) is 2. The van der Waals surface area contributed by atoms with Crippen molar-refractivity contribution in [3.8, 4) is 44.5 Å². The van der Waals surface area contributed by atoms with Gasteiger partial charge in [-0.05, 0) is 144 Å². The van der Waals surface area contributed by atoms with Gasteiger partial charge in [-0.2, -0.15) is 0 Å². The van der Waals surface area contributed by atoms with Crippen molar-refractivity contribution in [2.45, 2.75) is 90.9 Å². The molecule has 0 amide bonds. The smallest absolute Gasteiger partial charge is 0.0554 e. The van der Waals surface area contributed by atoms with Crippen molar-refractivity contribution in [2.24, 2.45) is 0 Å². The molecule has 3 aliphatic rings. The number of aromatic amines is 2. The Morgan fingerprint density at radius 3 is 1.81 bits per heavy atom. The van der Waals surface area contributed by atoms with E-state index < -0.39 is 0 Å². The lowest BCUT2D eigenvalue weighted by Gasteiger charge is -2.32. The van der Waals surface area contributed by atoms with Crippen molar-refractivity contribution in [1.82, 2.24) is 9.97 Å². The van der Waals surface area contributed by atoms with Crippen molar-refractivity contribution in [1.29, 1.82) is 0 Å². The van der Waals surface area contributed by atoms with Gasteiger partial charge in [-0.1, -0.05) is 196 Å². The van der Waals surface area contributed by atoms with Crippen LogP contribution in [-0.2, 0) is 21.7 Å². The Morgan fingerprint density at radius 2 is 1.07 bits per heavy atom.